The van der Waals surface area contributed by atoms with E-state index >= 15 is 0 Å². The molecule has 0 saturated carbocycles. The van der Waals surface area contributed by atoms with Crippen molar-refractivity contribution in [2.24, 2.45) is 0 Å². The van der Waals surface area contributed by atoms with Crippen molar-refractivity contribution in [2.45, 2.75) is 0 Å². The number of nitro benzene ring substituents is 1. The topological polar surface area (TPSA) is 127 Å². The van der Waals surface area contributed by atoms with Crippen LogP contribution in [0.2, 0.25) is 0 Å². The lowest BCUT2D eigenvalue weighted by molar-refractivity contribution is -0.385. The van der Waals surface area contributed by atoms with Crippen molar-refractivity contribution in [1.82, 2.24) is 0 Å². The number of benzene rings is 1. The van der Waals surface area contributed by atoms with Gasteiger partial charge in [-0.1, -0.05) is 0 Å². The first-order valence-electron chi connectivity index (χ1n) is 5.24. The molecule has 10 heteroatoms. The van der Waals surface area contributed by atoms with Crippen molar-refractivity contribution in [3.63, 3.8) is 0 Å². The van der Waals surface area contributed by atoms with Crippen LogP contribution in [-0.4, -0.2) is 43.0 Å². The summed E-state index contributed by atoms with van der Waals surface area (Å²) >= 11 is 0. The fraction of sp³-hybridized carbons (Fsp3) is 0.300. The van der Waals surface area contributed by atoms with E-state index < -0.39 is 37.8 Å². The lowest BCUT2D eigenvalue weighted by Gasteiger charge is -2.08. The van der Waals surface area contributed by atoms with E-state index in [9.17, 15) is 27.7 Å². The van der Waals surface area contributed by atoms with Crippen LogP contribution in [0.1, 0.15) is 10.4 Å². The molecule has 0 heterocycles. The number of anilines is 1. The molecule has 0 aliphatic carbocycles. The number of carboxylic acid groups (broad SMARTS) is 1. The van der Waals surface area contributed by atoms with Crippen LogP contribution < -0.4 is 5.32 Å². The second-order valence-electron chi connectivity index (χ2n) is 3.97. The third-order valence-electron chi connectivity index (χ3n) is 2.30. The first-order chi connectivity index (χ1) is 9.11. The predicted octanol–water partition coefficient (Wildman–Crippen LogP) is 0.889. The largest absolute Gasteiger partial charge is 0.477 e. The summed E-state index contributed by atoms with van der Waals surface area (Å²) in [5, 5.41) is 21.8. The zero-order valence-corrected chi connectivity index (χ0v) is 11.1. The molecule has 0 spiro atoms. The van der Waals surface area contributed by atoms with E-state index in [1.807, 2.05) is 0 Å². The van der Waals surface area contributed by atoms with E-state index in [2.05, 4.69) is 5.32 Å². The highest BCUT2D eigenvalue weighted by Gasteiger charge is 2.23. The molecule has 110 valence electrons. The van der Waals surface area contributed by atoms with Gasteiger partial charge in [-0.15, -0.1) is 0 Å². The molecule has 0 saturated heterocycles. The van der Waals surface area contributed by atoms with Crippen LogP contribution >= 0.6 is 0 Å². The van der Waals surface area contributed by atoms with E-state index in [-0.39, 0.29) is 18.0 Å². The molecule has 1 rings (SSSR count). The summed E-state index contributed by atoms with van der Waals surface area (Å²) in [5.74, 6) is -2.90. The number of carboxylic acids is 1. The Morgan fingerprint density at radius 3 is 2.55 bits per heavy atom. The molecule has 0 aliphatic heterocycles. The van der Waals surface area contributed by atoms with Crippen LogP contribution in [0.3, 0.4) is 0 Å². The van der Waals surface area contributed by atoms with Crippen molar-refractivity contribution in [1.29, 1.82) is 0 Å². The third kappa shape index (κ3) is 4.16. The van der Waals surface area contributed by atoms with Gasteiger partial charge in [0.05, 0.1) is 22.4 Å². The number of halogens is 1. The number of hydrogen-bond donors (Lipinski definition) is 2. The quantitative estimate of drug-likeness (QED) is 0.590. The summed E-state index contributed by atoms with van der Waals surface area (Å²) in [6, 6.07) is 1.24. The summed E-state index contributed by atoms with van der Waals surface area (Å²) in [6.45, 7) is -0.146. The number of nitro groups is 1. The van der Waals surface area contributed by atoms with Crippen molar-refractivity contribution in [2.75, 3.05) is 23.9 Å². The van der Waals surface area contributed by atoms with Crippen molar-refractivity contribution in [3.05, 3.63) is 33.6 Å². The van der Waals surface area contributed by atoms with Crippen molar-refractivity contribution >= 4 is 27.2 Å². The molecule has 0 bridgehead atoms. The Kier molecular flexibility index (Phi) is 4.61. The van der Waals surface area contributed by atoms with E-state index in [1.165, 1.54) is 0 Å². The molecule has 1 aromatic rings. The Hall–Kier alpha value is -2.23. The summed E-state index contributed by atoms with van der Waals surface area (Å²) in [7, 11) is -3.26. The molecule has 0 unspecified atom stereocenters. The Balaban J connectivity index is 3.07. The van der Waals surface area contributed by atoms with Crippen LogP contribution in [0.4, 0.5) is 15.8 Å². The lowest BCUT2D eigenvalue weighted by atomic mass is 10.1. The minimum absolute atomic E-state index is 0.146. The van der Waals surface area contributed by atoms with Crippen molar-refractivity contribution in [3.8, 4) is 0 Å². The maximum absolute atomic E-state index is 13.6. The zero-order chi connectivity index (χ0) is 15.5. The Labute approximate surface area is 113 Å². The molecule has 0 amide bonds. The Morgan fingerprint density at radius 1 is 1.50 bits per heavy atom. The first-order valence-corrected chi connectivity index (χ1v) is 7.30. The third-order valence-corrected chi connectivity index (χ3v) is 3.25. The number of rotatable bonds is 6. The Bertz CT molecular complexity index is 658. The Morgan fingerprint density at radius 2 is 2.10 bits per heavy atom. The van der Waals surface area contributed by atoms with Gasteiger partial charge >= 0.3 is 5.97 Å². The molecule has 20 heavy (non-hydrogen) atoms. The van der Waals surface area contributed by atoms with Gasteiger partial charge in [0.2, 0.25) is 0 Å². The van der Waals surface area contributed by atoms with E-state index in [0.717, 1.165) is 12.3 Å². The molecule has 0 fully saturated rings. The van der Waals surface area contributed by atoms with E-state index in [0.29, 0.717) is 6.07 Å². The van der Waals surface area contributed by atoms with E-state index in [1.54, 1.807) is 0 Å². The molecule has 2 N–H and O–H groups in total. The van der Waals surface area contributed by atoms with Crippen LogP contribution in [0.5, 0.6) is 0 Å². The first kappa shape index (κ1) is 15.8. The van der Waals surface area contributed by atoms with Gasteiger partial charge < -0.3 is 10.4 Å². The molecular formula is C10H11FN2O6S. The number of sulfone groups is 1. The fourth-order valence-electron chi connectivity index (χ4n) is 1.39. The molecule has 8 nitrogen and oxygen atoms in total. The molecule has 1 aromatic carbocycles. The van der Waals surface area contributed by atoms with Gasteiger partial charge in [-0.05, 0) is 6.07 Å². The van der Waals surface area contributed by atoms with Crippen LogP contribution in [-0.2, 0) is 9.84 Å². The maximum atomic E-state index is 13.6. The van der Waals surface area contributed by atoms with Gasteiger partial charge in [0.15, 0.2) is 5.82 Å². The average Bonchev–Trinajstić information content (AvgIpc) is 2.28. The monoisotopic (exact) mass is 306 g/mol. The highest BCUT2D eigenvalue weighted by Crippen LogP contribution is 2.26. The smallest absolute Gasteiger partial charge is 0.342 e. The SMILES string of the molecule is CS(=O)(=O)CCNc1cc(C(=O)O)c([N+](=O)[O-])cc1F. The standard InChI is InChI=1S/C10H11FN2O6S/c1-20(18,19)3-2-12-8-4-6(10(14)15)9(13(16)17)5-7(8)11/h4-5,12H,2-3H2,1H3,(H,14,15). The summed E-state index contributed by atoms with van der Waals surface area (Å²) in [4.78, 5) is 20.5. The molecule has 0 aromatic heterocycles. The highest BCUT2D eigenvalue weighted by atomic mass is 32.2. The van der Waals surface area contributed by atoms with Crippen molar-refractivity contribution < 1.29 is 27.6 Å². The maximum Gasteiger partial charge on any atom is 0.342 e. The normalized spacial score (nSPS) is 11.1. The second kappa shape index (κ2) is 5.82. The molecular weight excluding hydrogens is 295 g/mol. The summed E-state index contributed by atoms with van der Waals surface area (Å²) < 4.78 is 35.4. The van der Waals surface area contributed by atoms with Gasteiger partial charge in [-0.2, -0.15) is 0 Å². The van der Waals surface area contributed by atoms with Crippen LogP contribution in [0, 0.1) is 15.9 Å². The molecule has 0 atom stereocenters. The zero-order valence-electron chi connectivity index (χ0n) is 10.3. The predicted molar refractivity (Wildman–Crippen MR) is 68.2 cm³/mol. The van der Waals surface area contributed by atoms with Gasteiger partial charge in [0, 0.05) is 12.8 Å². The number of nitrogens with zero attached hydrogens (tertiary/aromatic N) is 1. The van der Waals surface area contributed by atoms with Gasteiger partial charge in [0.1, 0.15) is 15.4 Å². The summed E-state index contributed by atoms with van der Waals surface area (Å²) in [5.41, 5.74) is -1.86. The van der Waals surface area contributed by atoms with Gasteiger partial charge in [0.25, 0.3) is 5.69 Å². The van der Waals surface area contributed by atoms with E-state index in [4.69, 9.17) is 5.11 Å². The molecule has 0 radical (unpaired) electrons. The van der Waals surface area contributed by atoms with Gasteiger partial charge in [-0.3, -0.25) is 10.1 Å². The van der Waals surface area contributed by atoms with Crippen LogP contribution in [0.15, 0.2) is 12.1 Å². The fourth-order valence-corrected chi connectivity index (χ4v) is 1.86. The minimum atomic E-state index is -3.26. The number of hydrogen-bond acceptors (Lipinski definition) is 6. The molecule has 0 aliphatic rings. The number of nitrogens with one attached hydrogen (secondary N) is 1. The highest BCUT2D eigenvalue weighted by molar-refractivity contribution is 7.90. The number of carbonyl (C=O) groups is 1. The van der Waals surface area contributed by atoms with Gasteiger partial charge in [-0.25, -0.2) is 17.6 Å². The second-order valence-corrected chi connectivity index (χ2v) is 6.23. The lowest BCUT2D eigenvalue weighted by Crippen LogP contribution is -2.15. The minimum Gasteiger partial charge on any atom is -0.477 e. The average molecular weight is 306 g/mol. The summed E-state index contributed by atoms with van der Waals surface area (Å²) in [6.07, 6.45) is 0.990. The number of aromatic carboxylic acids is 1. The van der Waals surface area contributed by atoms with Crippen LogP contribution in [0.25, 0.3) is 0 Å².